The van der Waals surface area contributed by atoms with Crippen molar-refractivity contribution in [2.24, 2.45) is 0 Å². The van der Waals surface area contributed by atoms with Crippen LogP contribution in [0.15, 0.2) is 30.3 Å². The molecule has 1 aliphatic rings. The van der Waals surface area contributed by atoms with Crippen LogP contribution in [0.3, 0.4) is 0 Å². The molecule has 1 saturated carbocycles. The largest absolute Gasteiger partial charge is 0.356 e. The minimum Gasteiger partial charge on any atom is -0.356 e. The lowest BCUT2D eigenvalue weighted by Gasteiger charge is -2.19. The molecule has 5 N–H and O–H groups in total. The third kappa shape index (κ3) is 7.88. The Morgan fingerprint density at radius 2 is 1.61 bits per heavy atom. The maximum Gasteiger partial charge on any atom is 0.195 e. The Morgan fingerprint density at radius 3 is 2.26 bits per heavy atom. The van der Waals surface area contributed by atoms with Gasteiger partial charge < -0.3 is 10.6 Å². The average Bonchev–Trinajstić information content (AvgIpc) is 2.77. The molecular weight excluding hydrogens is 310 g/mol. The second-order valence-electron chi connectivity index (χ2n) is 5.87. The van der Waals surface area contributed by atoms with Crippen molar-refractivity contribution in [1.29, 1.82) is 10.8 Å². The summed E-state index contributed by atoms with van der Waals surface area (Å²) in [4.78, 5) is 0. The zero-order valence-corrected chi connectivity index (χ0v) is 14.3. The molecule has 1 aromatic carbocycles. The van der Waals surface area contributed by atoms with Gasteiger partial charge in [0.05, 0.1) is 0 Å². The van der Waals surface area contributed by atoms with Gasteiger partial charge in [0.15, 0.2) is 11.9 Å². The summed E-state index contributed by atoms with van der Waals surface area (Å²) in [5.74, 6) is 0.408. The van der Waals surface area contributed by atoms with E-state index in [9.17, 15) is 0 Å². The van der Waals surface area contributed by atoms with Crippen molar-refractivity contribution in [2.75, 3.05) is 6.54 Å². The molecule has 0 saturated heterocycles. The second kappa shape index (κ2) is 10.9. The van der Waals surface area contributed by atoms with Gasteiger partial charge in [-0.25, -0.2) is 0 Å². The summed E-state index contributed by atoms with van der Waals surface area (Å²) in [5.41, 5.74) is 1.24. The topological polar surface area (TPSA) is 83.8 Å². The van der Waals surface area contributed by atoms with Gasteiger partial charge in [-0.1, -0.05) is 56.0 Å². The number of nitrogens with one attached hydrogen (secondary N) is 5. The molecule has 0 heterocycles. The first kappa shape index (κ1) is 19.3. The number of hydrogen-bond acceptors (Lipinski definition) is 2. The molecule has 5 nitrogen and oxygen atoms in total. The molecular formula is C17H28ClN5. The Hall–Kier alpha value is -1.75. The van der Waals surface area contributed by atoms with Crippen molar-refractivity contribution in [3.63, 3.8) is 0 Å². The molecule has 0 spiro atoms. The zero-order chi connectivity index (χ0) is 15.6. The predicted octanol–water partition coefficient (Wildman–Crippen LogP) is 3.01. The van der Waals surface area contributed by atoms with Gasteiger partial charge >= 0.3 is 0 Å². The summed E-state index contributed by atoms with van der Waals surface area (Å²) < 4.78 is 0. The molecule has 6 heteroatoms. The highest BCUT2D eigenvalue weighted by Crippen LogP contribution is 2.16. The van der Waals surface area contributed by atoms with Gasteiger partial charge in [-0.15, -0.1) is 12.4 Å². The fourth-order valence-electron chi connectivity index (χ4n) is 2.81. The molecule has 23 heavy (non-hydrogen) atoms. The van der Waals surface area contributed by atoms with E-state index in [4.69, 9.17) is 10.8 Å². The third-order valence-corrected chi connectivity index (χ3v) is 4.01. The first-order valence-corrected chi connectivity index (χ1v) is 8.22. The van der Waals surface area contributed by atoms with Crippen LogP contribution in [-0.4, -0.2) is 24.5 Å². The summed E-state index contributed by atoms with van der Waals surface area (Å²) in [6.07, 6.45) is 8.19. The molecule has 0 radical (unpaired) electrons. The van der Waals surface area contributed by atoms with Crippen molar-refractivity contribution in [3.8, 4) is 0 Å². The summed E-state index contributed by atoms with van der Waals surface area (Å²) in [7, 11) is 0. The summed E-state index contributed by atoms with van der Waals surface area (Å²) in [6, 6.07) is 10.6. The van der Waals surface area contributed by atoms with Crippen LogP contribution < -0.4 is 16.0 Å². The van der Waals surface area contributed by atoms with Crippen LogP contribution in [-0.2, 0) is 6.42 Å². The highest BCUT2D eigenvalue weighted by Gasteiger charge is 2.13. The number of guanidine groups is 2. The summed E-state index contributed by atoms with van der Waals surface area (Å²) in [6.45, 7) is 0.687. The average molecular weight is 338 g/mol. The minimum atomic E-state index is 0. The molecule has 2 rings (SSSR count). The summed E-state index contributed by atoms with van der Waals surface area (Å²) in [5, 5.41) is 24.7. The predicted molar refractivity (Wildman–Crippen MR) is 98.6 cm³/mol. The molecule has 0 atom stereocenters. The van der Waals surface area contributed by atoms with E-state index in [-0.39, 0.29) is 24.3 Å². The molecule has 0 aromatic heterocycles. The van der Waals surface area contributed by atoms with Crippen LogP contribution in [0.2, 0.25) is 0 Å². The van der Waals surface area contributed by atoms with Crippen molar-refractivity contribution in [3.05, 3.63) is 35.9 Å². The van der Waals surface area contributed by atoms with Crippen molar-refractivity contribution < 1.29 is 0 Å². The van der Waals surface area contributed by atoms with E-state index in [2.05, 4.69) is 28.1 Å². The Labute approximate surface area is 145 Å². The smallest absolute Gasteiger partial charge is 0.195 e. The van der Waals surface area contributed by atoms with Gasteiger partial charge in [-0.05, 0) is 24.8 Å². The Bertz CT molecular complexity index is 469. The van der Waals surface area contributed by atoms with Crippen LogP contribution in [0, 0.1) is 10.8 Å². The molecule has 0 aliphatic heterocycles. The van der Waals surface area contributed by atoms with Crippen LogP contribution in [0.5, 0.6) is 0 Å². The van der Waals surface area contributed by atoms with Gasteiger partial charge in [-0.2, -0.15) is 0 Å². The third-order valence-electron chi connectivity index (χ3n) is 4.01. The van der Waals surface area contributed by atoms with E-state index in [0.717, 1.165) is 19.3 Å². The van der Waals surface area contributed by atoms with Crippen LogP contribution in [0.4, 0.5) is 0 Å². The van der Waals surface area contributed by atoms with Gasteiger partial charge in [0.2, 0.25) is 0 Å². The minimum absolute atomic E-state index is 0. The van der Waals surface area contributed by atoms with Crippen LogP contribution in [0.1, 0.15) is 44.1 Å². The van der Waals surface area contributed by atoms with Gasteiger partial charge in [0.25, 0.3) is 0 Å². The first-order valence-electron chi connectivity index (χ1n) is 8.22. The van der Waals surface area contributed by atoms with E-state index >= 15 is 0 Å². The maximum absolute atomic E-state index is 7.92. The lowest BCUT2D eigenvalue weighted by atomic mass is 10.1. The Balaban J connectivity index is 0.00000264. The molecule has 128 valence electrons. The molecule has 1 aliphatic carbocycles. The van der Waals surface area contributed by atoms with E-state index in [1.54, 1.807) is 0 Å². The van der Waals surface area contributed by atoms with Crippen LogP contribution >= 0.6 is 12.4 Å². The molecule has 1 fully saturated rings. The molecule has 0 amide bonds. The Kier molecular flexibility index (Phi) is 9.14. The number of halogens is 1. The lowest BCUT2D eigenvalue weighted by molar-refractivity contribution is 0.527. The SMILES string of the molecule is Cl.N=C(NCCc1ccccc1)NC(=N)NC1CCCCCC1. The second-order valence-corrected chi connectivity index (χ2v) is 5.87. The summed E-state index contributed by atoms with van der Waals surface area (Å²) >= 11 is 0. The Morgan fingerprint density at radius 1 is 0.957 bits per heavy atom. The van der Waals surface area contributed by atoms with Gasteiger partial charge in [0, 0.05) is 12.6 Å². The van der Waals surface area contributed by atoms with E-state index in [0.29, 0.717) is 12.6 Å². The molecule has 1 aromatic rings. The quantitative estimate of drug-likeness (QED) is 0.333. The highest BCUT2D eigenvalue weighted by atomic mass is 35.5. The zero-order valence-electron chi connectivity index (χ0n) is 13.5. The van der Waals surface area contributed by atoms with Gasteiger partial charge in [0.1, 0.15) is 0 Å². The lowest BCUT2D eigenvalue weighted by Crippen LogP contribution is -2.49. The van der Waals surface area contributed by atoms with Crippen LogP contribution in [0.25, 0.3) is 0 Å². The van der Waals surface area contributed by atoms with Crippen molar-refractivity contribution in [2.45, 2.75) is 51.0 Å². The number of benzene rings is 1. The maximum atomic E-state index is 7.92. The van der Waals surface area contributed by atoms with Crippen molar-refractivity contribution >= 4 is 24.3 Å². The van der Waals surface area contributed by atoms with Gasteiger partial charge in [-0.3, -0.25) is 16.1 Å². The van der Waals surface area contributed by atoms with Crippen molar-refractivity contribution in [1.82, 2.24) is 16.0 Å². The number of rotatable bonds is 4. The highest BCUT2D eigenvalue weighted by molar-refractivity contribution is 5.95. The van der Waals surface area contributed by atoms with E-state index in [1.807, 2.05) is 18.2 Å². The monoisotopic (exact) mass is 337 g/mol. The fourth-order valence-corrected chi connectivity index (χ4v) is 2.81. The fraction of sp³-hybridized carbons (Fsp3) is 0.529. The first-order chi connectivity index (χ1) is 10.7. The van der Waals surface area contributed by atoms with E-state index in [1.165, 1.54) is 31.2 Å². The molecule has 0 bridgehead atoms. The number of hydrogen-bond donors (Lipinski definition) is 5. The van der Waals surface area contributed by atoms with E-state index < -0.39 is 0 Å². The standard InChI is InChI=1S/C17H27N5.ClH/c18-16(20-13-12-14-8-4-3-5-9-14)22-17(19)21-15-10-6-1-2-7-11-15;/h3-5,8-9,15H,1-2,6-7,10-13H2,(H5,18,19,20,21,22);1H. The normalized spacial score (nSPS) is 15.0. The molecule has 0 unspecified atom stereocenters.